The van der Waals surface area contributed by atoms with Crippen LogP contribution in [0.2, 0.25) is 10.0 Å². The van der Waals surface area contributed by atoms with Gasteiger partial charge in [0, 0.05) is 58.8 Å². The molecule has 0 spiro atoms. The number of nitrogens with zero attached hydrogens (tertiary/aromatic N) is 2. The molecule has 0 aliphatic carbocycles. The molecule has 0 amide bonds. The minimum Gasteiger partial charge on any atom is -0.481 e. The van der Waals surface area contributed by atoms with Gasteiger partial charge < -0.3 is 15.2 Å². The lowest BCUT2D eigenvalue weighted by molar-refractivity contribution is -0.147. The van der Waals surface area contributed by atoms with Gasteiger partial charge in [-0.15, -0.1) is 0 Å². The molecule has 1 aromatic heterocycles. The number of nitrogens with one attached hydrogen (secondary N) is 1. The number of benzene rings is 3. The standard InChI is InChI=1S/C33H34Cl2F3N3O2/c1-43-30-19-29(39-27-12-14-41(15-13-27)20-33(36,37)38)28-18-24(17-23(3-2-16-42)32(28)40-30)31(21-4-8-25(34)9-5-21)22-6-10-26(35)11-7-22/h4-11,17-19,27,31,42H,2-3,12-16,20H2,1H3,(H,39,40). The summed E-state index contributed by atoms with van der Waals surface area (Å²) in [5, 5.41) is 15.5. The number of pyridine rings is 1. The van der Waals surface area contributed by atoms with E-state index in [1.54, 1.807) is 7.11 Å². The Hall–Kier alpha value is -3.04. The molecule has 1 aliphatic rings. The largest absolute Gasteiger partial charge is 0.481 e. The molecule has 5 nitrogen and oxygen atoms in total. The number of hydrogen-bond donors (Lipinski definition) is 2. The van der Waals surface area contributed by atoms with Crippen LogP contribution in [0.25, 0.3) is 10.9 Å². The van der Waals surface area contributed by atoms with Crippen molar-refractivity contribution >= 4 is 39.8 Å². The summed E-state index contributed by atoms with van der Waals surface area (Å²) in [6.45, 7) is -0.131. The van der Waals surface area contributed by atoms with E-state index in [-0.39, 0.29) is 18.6 Å². The zero-order chi connectivity index (χ0) is 30.6. The molecule has 0 atom stereocenters. The van der Waals surface area contributed by atoms with E-state index in [1.807, 2.05) is 54.6 Å². The van der Waals surface area contributed by atoms with E-state index in [4.69, 9.17) is 32.9 Å². The van der Waals surface area contributed by atoms with Crippen molar-refractivity contribution in [2.75, 3.05) is 38.7 Å². The highest BCUT2D eigenvalue weighted by atomic mass is 35.5. The summed E-state index contributed by atoms with van der Waals surface area (Å²) in [5.74, 6) is 0.293. The number of alkyl halides is 3. The van der Waals surface area contributed by atoms with E-state index >= 15 is 0 Å². The Bertz CT molecular complexity index is 1480. The zero-order valence-electron chi connectivity index (χ0n) is 23.8. The van der Waals surface area contributed by atoms with Crippen molar-refractivity contribution in [3.63, 3.8) is 0 Å². The molecule has 1 saturated heterocycles. The number of hydrogen-bond acceptors (Lipinski definition) is 5. The Morgan fingerprint density at radius 3 is 2.09 bits per heavy atom. The van der Waals surface area contributed by atoms with Gasteiger partial charge in [0.15, 0.2) is 0 Å². The first-order chi connectivity index (χ1) is 20.6. The maximum absolute atomic E-state index is 12.9. The maximum atomic E-state index is 12.9. The molecule has 0 saturated carbocycles. The Morgan fingerprint density at radius 1 is 0.953 bits per heavy atom. The van der Waals surface area contributed by atoms with Crippen LogP contribution in [-0.2, 0) is 6.42 Å². The summed E-state index contributed by atoms with van der Waals surface area (Å²) in [5.41, 5.74) is 5.67. The summed E-state index contributed by atoms with van der Waals surface area (Å²) >= 11 is 12.5. The Morgan fingerprint density at radius 2 is 1.56 bits per heavy atom. The van der Waals surface area contributed by atoms with Gasteiger partial charge in [-0.05, 0) is 78.3 Å². The van der Waals surface area contributed by atoms with Crippen LogP contribution >= 0.6 is 23.2 Å². The van der Waals surface area contributed by atoms with Crippen molar-refractivity contribution in [1.29, 1.82) is 0 Å². The van der Waals surface area contributed by atoms with E-state index < -0.39 is 12.7 Å². The number of methoxy groups -OCH3 is 1. The van der Waals surface area contributed by atoms with Gasteiger partial charge >= 0.3 is 6.18 Å². The SMILES string of the molecule is COc1cc(NC2CCN(CC(F)(F)F)CC2)c2cc(C(c3ccc(Cl)cc3)c3ccc(Cl)cc3)cc(CCCO)c2n1. The minimum absolute atomic E-state index is 0.00679. The van der Waals surface area contributed by atoms with Crippen LogP contribution in [0.3, 0.4) is 0 Å². The van der Waals surface area contributed by atoms with Gasteiger partial charge in [0.2, 0.25) is 5.88 Å². The summed E-state index contributed by atoms with van der Waals surface area (Å²) in [6, 6.07) is 21.7. The number of ether oxygens (including phenoxy) is 1. The van der Waals surface area contributed by atoms with E-state index in [0.717, 1.165) is 38.8 Å². The smallest absolute Gasteiger partial charge is 0.401 e. The number of anilines is 1. The lowest BCUT2D eigenvalue weighted by atomic mass is 9.83. The molecule has 5 rings (SSSR count). The van der Waals surface area contributed by atoms with Crippen molar-refractivity contribution in [2.45, 2.75) is 43.8 Å². The average Bonchev–Trinajstić information content (AvgIpc) is 2.98. The first-order valence-electron chi connectivity index (χ1n) is 14.3. The molecule has 1 fully saturated rings. The van der Waals surface area contributed by atoms with Crippen molar-refractivity contribution in [3.8, 4) is 5.88 Å². The molecule has 2 N–H and O–H groups in total. The van der Waals surface area contributed by atoms with Gasteiger partial charge in [-0.3, -0.25) is 4.90 Å². The third kappa shape index (κ3) is 7.92. The first-order valence-corrected chi connectivity index (χ1v) is 15.1. The molecule has 1 aliphatic heterocycles. The monoisotopic (exact) mass is 631 g/mol. The molecular formula is C33H34Cl2F3N3O2. The summed E-state index contributed by atoms with van der Waals surface area (Å²) in [4.78, 5) is 6.27. The van der Waals surface area contributed by atoms with Crippen molar-refractivity contribution in [3.05, 3.63) is 99.0 Å². The van der Waals surface area contributed by atoms with Gasteiger partial charge in [-0.25, -0.2) is 4.98 Å². The molecule has 0 bridgehead atoms. The number of aromatic nitrogens is 1. The third-order valence-corrected chi connectivity index (χ3v) is 8.40. The topological polar surface area (TPSA) is 57.6 Å². The summed E-state index contributed by atoms with van der Waals surface area (Å²) < 4.78 is 44.4. The second kappa shape index (κ2) is 13.7. The molecule has 4 aromatic rings. The molecule has 2 heterocycles. The first kappa shape index (κ1) is 31.4. The number of likely N-dealkylation sites (tertiary alicyclic amines) is 1. The lowest BCUT2D eigenvalue weighted by Crippen LogP contribution is -2.43. The van der Waals surface area contributed by atoms with Crippen LogP contribution < -0.4 is 10.1 Å². The summed E-state index contributed by atoms with van der Waals surface area (Å²) in [7, 11) is 1.56. The second-order valence-electron chi connectivity index (χ2n) is 11.0. The Labute approximate surface area is 259 Å². The number of halogens is 5. The highest BCUT2D eigenvalue weighted by Crippen LogP contribution is 2.39. The van der Waals surface area contributed by atoms with Crippen LogP contribution in [-0.4, -0.2) is 60.6 Å². The molecule has 10 heteroatoms. The van der Waals surface area contributed by atoms with Crippen LogP contribution in [0.1, 0.15) is 47.4 Å². The number of aliphatic hydroxyl groups is 1. The van der Waals surface area contributed by atoms with Crippen molar-refractivity contribution in [2.24, 2.45) is 0 Å². The van der Waals surface area contributed by atoms with Gasteiger partial charge in [0.05, 0.1) is 19.2 Å². The van der Waals surface area contributed by atoms with Crippen LogP contribution in [0, 0.1) is 0 Å². The Balaban J connectivity index is 1.60. The molecule has 228 valence electrons. The fraction of sp³-hybridized carbons (Fsp3) is 0.364. The average molecular weight is 633 g/mol. The van der Waals surface area contributed by atoms with E-state index in [9.17, 15) is 18.3 Å². The van der Waals surface area contributed by atoms with Gasteiger partial charge in [-0.1, -0.05) is 53.5 Å². The van der Waals surface area contributed by atoms with E-state index in [0.29, 0.717) is 54.7 Å². The second-order valence-corrected chi connectivity index (χ2v) is 11.8. The van der Waals surface area contributed by atoms with Gasteiger partial charge in [-0.2, -0.15) is 13.2 Å². The fourth-order valence-corrected chi connectivity index (χ4v) is 6.10. The predicted molar refractivity (Wildman–Crippen MR) is 167 cm³/mol. The molecule has 43 heavy (non-hydrogen) atoms. The van der Waals surface area contributed by atoms with E-state index in [2.05, 4.69) is 17.4 Å². The Kier molecular flexibility index (Phi) is 10.0. The molecule has 3 aromatic carbocycles. The quantitative estimate of drug-likeness (QED) is 0.173. The molecule has 0 unspecified atom stereocenters. The molecule has 0 radical (unpaired) electrons. The zero-order valence-corrected chi connectivity index (χ0v) is 25.3. The number of piperidine rings is 1. The number of fused-ring (bicyclic) bond motifs is 1. The maximum Gasteiger partial charge on any atom is 0.401 e. The number of aliphatic hydroxyl groups excluding tert-OH is 1. The fourth-order valence-electron chi connectivity index (χ4n) is 5.85. The minimum atomic E-state index is -4.21. The molecular weight excluding hydrogens is 598 g/mol. The normalized spacial score (nSPS) is 14.9. The van der Waals surface area contributed by atoms with Crippen molar-refractivity contribution in [1.82, 2.24) is 9.88 Å². The van der Waals surface area contributed by atoms with Crippen LogP contribution in [0.4, 0.5) is 18.9 Å². The highest BCUT2D eigenvalue weighted by Gasteiger charge is 2.32. The summed E-state index contributed by atoms with van der Waals surface area (Å²) in [6.07, 6.45) is -1.88. The van der Waals surface area contributed by atoms with E-state index in [1.165, 1.54) is 4.90 Å². The van der Waals surface area contributed by atoms with Gasteiger partial charge in [0.25, 0.3) is 0 Å². The van der Waals surface area contributed by atoms with Gasteiger partial charge in [0.1, 0.15) is 0 Å². The predicted octanol–water partition coefficient (Wildman–Crippen LogP) is 8.09. The van der Waals surface area contributed by atoms with Crippen molar-refractivity contribution < 1.29 is 23.0 Å². The third-order valence-electron chi connectivity index (χ3n) is 7.89. The lowest BCUT2D eigenvalue weighted by Gasteiger charge is -2.33. The number of aryl methyl sites for hydroxylation is 1. The number of rotatable bonds is 10. The van der Waals surface area contributed by atoms with Crippen LogP contribution in [0.15, 0.2) is 66.7 Å². The van der Waals surface area contributed by atoms with Crippen LogP contribution in [0.5, 0.6) is 5.88 Å². The highest BCUT2D eigenvalue weighted by molar-refractivity contribution is 6.30.